The third-order valence-electron chi connectivity index (χ3n) is 3.31. The number of nitrogens with one attached hydrogen (secondary N) is 1. The van der Waals surface area contributed by atoms with Gasteiger partial charge in [0.05, 0.1) is 18.3 Å². The predicted octanol–water partition coefficient (Wildman–Crippen LogP) is 3.42. The fraction of sp³-hybridized carbons (Fsp3) is 0.188. The van der Waals surface area contributed by atoms with Gasteiger partial charge in [0.25, 0.3) is 0 Å². The SMILES string of the molecule is Cc1cccc(NC(=O)CCn2ncc3ccc(Cl)cc32)n1. The highest BCUT2D eigenvalue weighted by atomic mass is 35.5. The third-order valence-corrected chi connectivity index (χ3v) is 3.55. The molecule has 2 heterocycles. The topological polar surface area (TPSA) is 59.8 Å². The zero-order chi connectivity index (χ0) is 15.5. The van der Waals surface area contributed by atoms with E-state index in [0.29, 0.717) is 23.8 Å². The van der Waals surface area contributed by atoms with Crippen molar-refractivity contribution in [3.63, 3.8) is 0 Å². The molecule has 5 nitrogen and oxygen atoms in total. The van der Waals surface area contributed by atoms with Crippen LogP contribution in [0.4, 0.5) is 5.82 Å². The van der Waals surface area contributed by atoms with Crippen molar-refractivity contribution < 1.29 is 4.79 Å². The van der Waals surface area contributed by atoms with Crippen LogP contribution in [0.1, 0.15) is 12.1 Å². The summed E-state index contributed by atoms with van der Waals surface area (Å²) in [5, 5.41) is 8.74. The number of benzene rings is 1. The molecule has 0 saturated carbocycles. The van der Waals surface area contributed by atoms with E-state index in [1.807, 2.05) is 37.3 Å². The number of hydrogen-bond donors (Lipinski definition) is 1. The number of pyridine rings is 1. The second-order valence-corrected chi connectivity index (χ2v) is 5.47. The first-order valence-electron chi connectivity index (χ1n) is 6.96. The molecule has 0 atom stereocenters. The van der Waals surface area contributed by atoms with Gasteiger partial charge in [-0.2, -0.15) is 5.10 Å². The Balaban J connectivity index is 1.66. The van der Waals surface area contributed by atoms with Gasteiger partial charge in [0.15, 0.2) is 0 Å². The number of anilines is 1. The number of carbonyl (C=O) groups excluding carboxylic acids is 1. The predicted molar refractivity (Wildman–Crippen MR) is 87.0 cm³/mol. The lowest BCUT2D eigenvalue weighted by Gasteiger charge is -2.06. The molecule has 6 heteroatoms. The Morgan fingerprint density at radius 2 is 2.18 bits per heavy atom. The summed E-state index contributed by atoms with van der Waals surface area (Å²) >= 11 is 6.00. The van der Waals surface area contributed by atoms with Gasteiger partial charge in [-0.05, 0) is 37.3 Å². The molecule has 0 aliphatic carbocycles. The maximum atomic E-state index is 12.0. The Morgan fingerprint density at radius 3 is 3.00 bits per heavy atom. The van der Waals surface area contributed by atoms with Crippen LogP contribution in [-0.4, -0.2) is 20.7 Å². The molecular weight excluding hydrogens is 300 g/mol. The van der Waals surface area contributed by atoms with Crippen molar-refractivity contribution >= 4 is 34.2 Å². The van der Waals surface area contributed by atoms with E-state index < -0.39 is 0 Å². The van der Waals surface area contributed by atoms with Crippen molar-refractivity contribution in [2.45, 2.75) is 19.9 Å². The maximum Gasteiger partial charge on any atom is 0.227 e. The first-order valence-corrected chi connectivity index (χ1v) is 7.34. The summed E-state index contributed by atoms with van der Waals surface area (Å²) < 4.78 is 1.78. The van der Waals surface area contributed by atoms with Gasteiger partial charge in [-0.15, -0.1) is 0 Å². The minimum atomic E-state index is -0.0937. The number of hydrogen-bond acceptors (Lipinski definition) is 3. The third kappa shape index (κ3) is 3.26. The van der Waals surface area contributed by atoms with E-state index in [4.69, 9.17) is 11.6 Å². The maximum absolute atomic E-state index is 12.0. The number of halogens is 1. The molecule has 2 aromatic heterocycles. The average Bonchev–Trinajstić information content (AvgIpc) is 2.87. The molecule has 1 N–H and O–H groups in total. The quantitative estimate of drug-likeness (QED) is 0.802. The van der Waals surface area contributed by atoms with Crippen LogP contribution in [0.5, 0.6) is 0 Å². The highest BCUT2D eigenvalue weighted by Crippen LogP contribution is 2.19. The average molecular weight is 315 g/mol. The van der Waals surface area contributed by atoms with Gasteiger partial charge in [-0.3, -0.25) is 9.48 Å². The van der Waals surface area contributed by atoms with Crippen LogP contribution in [0.2, 0.25) is 5.02 Å². The van der Waals surface area contributed by atoms with Gasteiger partial charge in [-0.25, -0.2) is 4.98 Å². The van der Waals surface area contributed by atoms with Crippen LogP contribution in [0.15, 0.2) is 42.6 Å². The minimum absolute atomic E-state index is 0.0937. The first-order chi connectivity index (χ1) is 10.6. The number of rotatable bonds is 4. The normalized spacial score (nSPS) is 10.8. The van der Waals surface area contributed by atoms with E-state index in [0.717, 1.165) is 16.6 Å². The molecule has 0 aliphatic rings. The number of nitrogens with zero attached hydrogens (tertiary/aromatic N) is 3. The van der Waals surface area contributed by atoms with Gasteiger partial charge in [0.1, 0.15) is 5.82 Å². The van der Waals surface area contributed by atoms with E-state index in [2.05, 4.69) is 15.4 Å². The van der Waals surface area contributed by atoms with E-state index >= 15 is 0 Å². The summed E-state index contributed by atoms with van der Waals surface area (Å²) in [7, 11) is 0. The number of aryl methyl sites for hydroxylation is 2. The van der Waals surface area contributed by atoms with Crippen LogP contribution in [0, 0.1) is 6.92 Å². The van der Waals surface area contributed by atoms with Crippen LogP contribution in [0.3, 0.4) is 0 Å². The van der Waals surface area contributed by atoms with Crippen molar-refractivity contribution in [2.24, 2.45) is 0 Å². The summed E-state index contributed by atoms with van der Waals surface area (Å²) in [4.78, 5) is 16.3. The minimum Gasteiger partial charge on any atom is -0.311 e. The Kier molecular flexibility index (Phi) is 4.06. The molecule has 0 bridgehead atoms. The smallest absolute Gasteiger partial charge is 0.227 e. The first kappa shape index (κ1) is 14.5. The largest absolute Gasteiger partial charge is 0.311 e. The summed E-state index contributed by atoms with van der Waals surface area (Å²) in [5.74, 6) is 0.474. The highest BCUT2D eigenvalue weighted by Gasteiger charge is 2.07. The van der Waals surface area contributed by atoms with E-state index in [9.17, 15) is 4.79 Å². The van der Waals surface area contributed by atoms with Crippen LogP contribution < -0.4 is 5.32 Å². The summed E-state index contributed by atoms with van der Waals surface area (Å²) in [6, 6.07) is 11.1. The molecule has 0 aliphatic heterocycles. The van der Waals surface area contributed by atoms with Crippen LogP contribution in [0.25, 0.3) is 10.9 Å². The van der Waals surface area contributed by atoms with Crippen LogP contribution >= 0.6 is 11.6 Å². The Morgan fingerprint density at radius 1 is 1.32 bits per heavy atom. The standard InChI is InChI=1S/C16H15ClN4O/c1-11-3-2-4-15(19-11)20-16(22)7-8-21-14-9-13(17)6-5-12(14)10-18-21/h2-6,9-10H,7-8H2,1H3,(H,19,20,22). The highest BCUT2D eigenvalue weighted by molar-refractivity contribution is 6.31. The van der Waals surface area contributed by atoms with E-state index in [1.165, 1.54) is 0 Å². The molecule has 1 amide bonds. The number of fused-ring (bicyclic) bond motifs is 1. The molecule has 0 saturated heterocycles. The second kappa shape index (κ2) is 6.15. The number of amides is 1. The molecule has 112 valence electrons. The Bertz CT molecular complexity index is 828. The molecule has 3 rings (SSSR count). The summed E-state index contributed by atoms with van der Waals surface area (Å²) in [6.45, 7) is 2.37. The lowest BCUT2D eigenvalue weighted by molar-refractivity contribution is -0.116. The van der Waals surface area contributed by atoms with Crippen LogP contribution in [-0.2, 0) is 11.3 Å². The molecule has 0 unspecified atom stereocenters. The molecule has 3 aromatic rings. The van der Waals surface area contributed by atoms with Crippen molar-refractivity contribution in [2.75, 3.05) is 5.32 Å². The number of carbonyl (C=O) groups is 1. The lowest BCUT2D eigenvalue weighted by atomic mass is 10.2. The molecule has 0 fully saturated rings. The lowest BCUT2D eigenvalue weighted by Crippen LogP contribution is -2.15. The van der Waals surface area contributed by atoms with Crippen molar-refractivity contribution in [1.29, 1.82) is 0 Å². The Labute approximate surface area is 132 Å². The van der Waals surface area contributed by atoms with Gasteiger partial charge in [0, 0.05) is 22.5 Å². The number of aromatic nitrogens is 3. The zero-order valence-electron chi connectivity index (χ0n) is 12.1. The van der Waals surface area contributed by atoms with Gasteiger partial charge in [0.2, 0.25) is 5.91 Å². The van der Waals surface area contributed by atoms with E-state index in [1.54, 1.807) is 16.9 Å². The van der Waals surface area contributed by atoms with Crippen molar-refractivity contribution in [3.8, 4) is 0 Å². The second-order valence-electron chi connectivity index (χ2n) is 5.03. The van der Waals surface area contributed by atoms with Gasteiger partial charge in [-0.1, -0.05) is 17.7 Å². The summed E-state index contributed by atoms with van der Waals surface area (Å²) in [5.41, 5.74) is 1.79. The van der Waals surface area contributed by atoms with Gasteiger partial charge < -0.3 is 5.32 Å². The monoisotopic (exact) mass is 314 g/mol. The fourth-order valence-corrected chi connectivity index (χ4v) is 2.41. The molecule has 1 aromatic carbocycles. The molecule has 0 spiro atoms. The molecular formula is C16H15ClN4O. The van der Waals surface area contributed by atoms with E-state index in [-0.39, 0.29) is 5.91 Å². The fourth-order valence-electron chi connectivity index (χ4n) is 2.25. The summed E-state index contributed by atoms with van der Waals surface area (Å²) in [6.07, 6.45) is 2.09. The zero-order valence-corrected chi connectivity index (χ0v) is 12.8. The van der Waals surface area contributed by atoms with Gasteiger partial charge >= 0.3 is 0 Å². The Hall–Kier alpha value is -2.40. The van der Waals surface area contributed by atoms with Crippen molar-refractivity contribution in [3.05, 3.63) is 53.3 Å². The molecule has 0 radical (unpaired) electrons. The molecule has 22 heavy (non-hydrogen) atoms. The van der Waals surface area contributed by atoms with Crippen molar-refractivity contribution in [1.82, 2.24) is 14.8 Å².